The SMILES string of the molecule is Cc1cc(F)cc(C)c1S(=O)(=O)NC1CNCC1C. The maximum Gasteiger partial charge on any atom is 0.241 e. The van der Waals surface area contributed by atoms with Gasteiger partial charge in [0.05, 0.1) is 4.90 Å². The van der Waals surface area contributed by atoms with Crippen molar-refractivity contribution in [1.82, 2.24) is 10.0 Å². The average molecular weight is 286 g/mol. The molecule has 0 radical (unpaired) electrons. The van der Waals surface area contributed by atoms with E-state index in [9.17, 15) is 12.8 Å². The summed E-state index contributed by atoms with van der Waals surface area (Å²) in [6, 6.07) is 2.38. The van der Waals surface area contributed by atoms with E-state index in [4.69, 9.17) is 0 Å². The molecule has 1 saturated heterocycles. The van der Waals surface area contributed by atoms with E-state index in [0.29, 0.717) is 17.7 Å². The molecule has 0 amide bonds. The van der Waals surface area contributed by atoms with Gasteiger partial charge in [-0.25, -0.2) is 17.5 Å². The third-order valence-corrected chi connectivity index (χ3v) is 5.31. The lowest BCUT2D eigenvalue weighted by Gasteiger charge is -2.18. The fourth-order valence-corrected chi connectivity index (χ4v) is 4.34. The molecule has 19 heavy (non-hydrogen) atoms. The van der Waals surface area contributed by atoms with Gasteiger partial charge in [0.15, 0.2) is 0 Å². The molecule has 0 aromatic heterocycles. The van der Waals surface area contributed by atoms with Crippen molar-refractivity contribution in [3.8, 4) is 0 Å². The van der Waals surface area contributed by atoms with E-state index in [-0.39, 0.29) is 16.9 Å². The largest absolute Gasteiger partial charge is 0.315 e. The van der Waals surface area contributed by atoms with Gasteiger partial charge in [-0.05, 0) is 49.6 Å². The highest BCUT2D eigenvalue weighted by Crippen LogP contribution is 2.22. The first-order chi connectivity index (χ1) is 8.81. The summed E-state index contributed by atoms with van der Waals surface area (Å²) >= 11 is 0. The van der Waals surface area contributed by atoms with E-state index < -0.39 is 15.8 Å². The molecule has 1 fully saturated rings. The standard InChI is InChI=1S/C13H19FN2O2S/c1-8-4-11(14)5-9(2)13(8)19(17,18)16-12-7-15-6-10(12)3/h4-5,10,12,15-16H,6-7H2,1-3H3. The number of hydrogen-bond acceptors (Lipinski definition) is 3. The minimum atomic E-state index is -3.61. The summed E-state index contributed by atoms with van der Waals surface area (Å²) in [6.07, 6.45) is 0. The van der Waals surface area contributed by atoms with Gasteiger partial charge < -0.3 is 5.32 Å². The van der Waals surface area contributed by atoms with Gasteiger partial charge in [0.2, 0.25) is 10.0 Å². The van der Waals surface area contributed by atoms with Crippen LogP contribution in [0.25, 0.3) is 0 Å². The second-order valence-corrected chi connectivity index (χ2v) is 6.88. The number of nitrogens with one attached hydrogen (secondary N) is 2. The lowest BCUT2D eigenvalue weighted by atomic mass is 10.1. The van der Waals surface area contributed by atoms with Crippen molar-refractivity contribution in [2.45, 2.75) is 31.7 Å². The minimum Gasteiger partial charge on any atom is -0.315 e. The Bertz CT molecular complexity index is 563. The molecule has 6 heteroatoms. The van der Waals surface area contributed by atoms with E-state index in [2.05, 4.69) is 10.0 Å². The fourth-order valence-electron chi connectivity index (χ4n) is 2.55. The smallest absolute Gasteiger partial charge is 0.241 e. The van der Waals surface area contributed by atoms with Crippen molar-refractivity contribution in [3.05, 3.63) is 29.1 Å². The third-order valence-electron chi connectivity index (χ3n) is 3.52. The Balaban J connectivity index is 2.34. The zero-order valence-electron chi connectivity index (χ0n) is 11.3. The first-order valence-electron chi connectivity index (χ1n) is 6.31. The van der Waals surface area contributed by atoms with Crippen molar-refractivity contribution in [1.29, 1.82) is 0 Å². The van der Waals surface area contributed by atoms with Crippen LogP contribution in [0.15, 0.2) is 17.0 Å². The van der Waals surface area contributed by atoms with Gasteiger partial charge in [-0.1, -0.05) is 6.92 Å². The van der Waals surface area contributed by atoms with Crippen molar-refractivity contribution >= 4 is 10.0 Å². The number of rotatable bonds is 3. The number of sulfonamides is 1. The van der Waals surface area contributed by atoms with Crippen LogP contribution in [0.5, 0.6) is 0 Å². The lowest BCUT2D eigenvalue weighted by Crippen LogP contribution is -2.40. The maximum absolute atomic E-state index is 13.2. The second kappa shape index (κ2) is 5.19. The molecule has 2 atom stereocenters. The molecule has 1 aliphatic rings. The maximum atomic E-state index is 13.2. The van der Waals surface area contributed by atoms with Crippen LogP contribution < -0.4 is 10.0 Å². The summed E-state index contributed by atoms with van der Waals surface area (Å²) in [7, 11) is -3.61. The van der Waals surface area contributed by atoms with Gasteiger partial charge in [-0.3, -0.25) is 0 Å². The molecule has 0 spiro atoms. The molecular weight excluding hydrogens is 267 g/mol. The highest BCUT2D eigenvalue weighted by atomic mass is 32.2. The quantitative estimate of drug-likeness (QED) is 0.881. The Morgan fingerprint density at radius 2 is 1.84 bits per heavy atom. The summed E-state index contributed by atoms with van der Waals surface area (Å²) in [5.41, 5.74) is 0.868. The molecule has 2 unspecified atom stereocenters. The van der Waals surface area contributed by atoms with Crippen molar-refractivity contribution in [3.63, 3.8) is 0 Å². The van der Waals surface area contributed by atoms with Gasteiger partial charge in [0.25, 0.3) is 0 Å². The number of aryl methyl sites for hydroxylation is 2. The van der Waals surface area contributed by atoms with Crippen LogP contribution in [0, 0.1) is 25.6 Å². The van der Waals surface area contributed by atoms with Crippen LogP contribution in [-0.2, 0) is 10.0 Å². The molecule has 1 heterocycles. The normalized spacial score (nSPS) is 23.8. The Hall–Kier alpha value is -0.980. The molecule has 1 aliphatic heterocycles. The van der Waals surface area contributed by atoms with Crippen LogP contribution in [0.1, 0.15) is 18.1 Å². The Morgan fingerprint density at radius 1 is 1.26 bits per heavy atom. The van der Waals surface area contributed by atoms with Crippen LogP contribution >= 0.6 is 0 Å². The van der Waals surface area contributed by atoms with Gasteiger partial charge in [0.1, 0.15) is 5.82 Å². The minimum absolute atomic E-state index is 0.117. The summed E-state index contributed by atoms with van der Waals surface area (Å²) in [4.78, 5) is 0.188. The topological polar surface area (TPSA) is 58.2 Å². The summed E-state index contributed by atoms with van der Waals surface area (Å²) in [5.74, 6) is -0.166. The van der Waals surface area contributed by atoms with E-state index in [1.54, 1.807) is 13.8 Å². The molecular formula is C13H19FN2O2S. The highest BCUT2D eigenvalue weighted by molar-refractivity contribution is 7.89. The second-order valence-electron chi connectivity index (χ2n) is 5.23. The Morgan fingerprint density at radius 3 is 2.32 bits per heavy atom. The predicted molar refractivity (Wildman–Crippen MR) is 72.0 cm³/mol. The monoisotopic (exact) mass is 286 g/mol. The van der Waals surface area contributed by atoms with Crippen LogP contribution in [-0.4, -0.2) is 27.5 Å². The molecule has 1 aromatic carbocycles. The molecule has 0 bridgehead atoms. The highest BCUT2D eigenvalue weighted by Gasteiger charge is 2.29. The number of halogens is 1. The summed E-state index contributed by atoms with van der Waals surface area (Å²) < 4.78 is 40.8. The lowest BCUT2D eigenvalue weighted by molar-refractivity contribution is 0.502. The van der Waals surface area contributed by atoms with Gasteiger partial charge in [-0.2, -0.15) is 0 Å². The number of benzene rings is 1. The molecule has 0 aliphatic carbocycles. The first kappa shape index (κ1) is 14.4. The van der Waals surface area contributed by atoms with Gasteiger partial charge in [0, 0.05) is 12.6 Å². The van der Waals surface area contributed by atoms with E-state index in [1.165, 1.54) is 12.1 Å². The summed E-state index contributed by atoms with van der Waals surface area (Å²) in [5, 5.41) is 3.15. The van der Waals surface area contributed by atoms with E-state index in [1.807, 2.05) is 6.92 Å². The van der Waals surface area contributed by atoms with Gasteiger partial charge >= 0.3 is 0 Å². The molecule has 2 rings (SSSR count). The van der Waals surface area contributed by atoms with Crippen LogP contribution in [0.2, 0.25) is 0 Å². The third kappa shape index (κ3) is 2.96. The zero-order chi connectivity index (χ0) is 14.2. The molecule has 0 saturated carbocycles. The predicted octanol–water partition coefficient (Wildman–Crippen LogP) is 1.33. The van der Waals surface area contributed by atoms with E-state index >= 15 is 0 Å². The number of hydrogen-bond donors (Lipinski definition) is 2. The fraction of sp³-hybridized carbons (Fsp3) is 0.538. The van der Waals surface area contributed by atoms with Crippen molar-refractivity contribution in [2.24, 2.45) is 5.92 Å². The summed E-state index contributed by atoms with van der Waals surface area (Å²) in [6.45, 7) is 6.65. The van der Waals surface area contributed by atoms with Crippen molar-refractivity contribution in [2.75, 3.05) is 13.1 Å². The first-order valence-corrected chi connectivity index (χ1v) is 7.79. The van der Waals surface area contributed by atoms with E-state index in [0.717, 1.165) is 6.54 Å². The average Bonchev–Trinajstić information content (AvgIpc) is 2.61. The molecule has 4 nitrogen and oxygen atoms in total. The molecule has 1 aromatic rings. The molecule has 2 N–H and O–H groups in total. The van der Waals surface area contributed by atoms with Crippen LogP contribution in [0.4, 0.5) is 4.39 Å². The van der Waals surface area contributed by atoms with Gasteiger partial charge in [-0.15, -0.1) is 0 Å². The Labute approximate surface area is 113 Å². The van der Waals surface area contributed by atoms with Crippen molar-refractivity contribution < 1.29 is 12.8 Å². The molecule has 106 valence electrons. The Kier molecular flexibility index (Phi) is 3.94. The van der Waals surface area contributed by atoms with Crippen LogP contribution in [0.3, 0.4) is 0 Å². The zero-order valence-corrected chi connectivity index (χ0v) is 12.1.